The Balaban J connectivity index is 2.44. The summed E-state index contributed by atoms with van der Waals surface area (Å²) in [5, 5.41) is 13.3. The van der Waals surface area contributed by atoms with Gasteiger partial charge in [0.25, 0.3) is 10.0 Å². The number of nitrogens with zero attached hydrogens (tertiary/aromatic N) is 1. The van der Waals surface area contributed by atoms with Crippen LogP contribution in [0.1, 0.15) is 17.0 Å². The highest BCUT2D eigenvalue weighted by Gasteiger charge is 2.24. The summed E-state index contributed by atoms with van der Waals surface area (Å²) in [6, 6.07) is 4.52. The SMILES string of the molecule is Cc1noc(C)c1S(=O)(=O)Nc1ccc(Cl)cc1CO. The minimum absolute atomic E-state index is 0.00339. The molecule has 6 nitrogen and oxygen atoms in total. The number of hydrogen-bond donors (Lipinski definition) is 2. The Bertz CT molecular complexity index is 720. The Hall–Kier alpha value is -1.57. The van der Waals surface area contributed by atoms with Crippen molar-refractivity contribution in [2.24, 2.45) is 0 Å². The molecule has 0 unspecified atom stereocenters. The first-order valence-electron chi connectivity index (χ1n) is 5.70. The van der Waals surface area contributed by atoms with Gasteiger partial charge in [0.15, 0.2) is 10.7 Å². The van der Waals surface area contributed by atoms with E-state index >= 15 is 0 Å². The molecule has 0 fully saturated rings. The lowest BCUT2D eigenvalue weighted by molar-refractivity contribution is 0.282. The second-order valence-corrected chi connectivity index (χ2v) is 6.27. The average molecular weight is 317 g/mol. The largest absolute Gasteiger partial charge is 0.392 e. The number of sulfonamides is 1. The van der Waals surface area contributed by atoms with Gasteiger partial charge >= 0.3 is 0 Å². The number of benzene rings is 1. The number of aliphatic hydroxyl groups excluding tert-OH is 1. The Morgan fingerprint density at radius 2 is 2.10 bits per heavy atom. The molecule has 0 spiro atoms. The minimum Gasteiger partial charge on any atom is -0.392 e. The molecule has 108 valence electrons. The van der Waals surface area contributed by atoms with Crippen LogP contribution in [-0.2, 0) is 16.6 Å². The molecular weight excluding hydrogens is 304 g/mol. The van der Waals surface area contributed by atoms with E-state index in [1.165, 1.54) is 25.1 Å². The van der Waals surface area contributed by atoms with E-state index in [9.17, 15) is 13.5 Å². The van der Waals surface area contributed by atoms with E-state index in [-0.39, 0.29) is 28.6 Å². The predicted octanol–water partition coefficient (Wildman–Crippen LogP) is 2.24. The highest BCUT2D eigenvalue weighted by molar-refractivity contribution is 7.92. The standard InChI is InChI=1S/C12H13ClN2O4S/c1-7-12(8(2)19-14-7)20(17,18)15-11-4-3-10(13)5-9(11)6-16/h3-5,15-16H,6H2,1-2H3. The van der Waals surface area contributed by atoms with Crippen molar-refractivity contribution in [2.45, 2.75) is 25.3 Å². The first kappa shape index (κ1) is 14.8. The molecule has 0 radical (unpaired) electrons. The van der Waals surface area contributed by atoms with Gasteiger partial charge in [-0.2, -0.15) is 0 Å². The molecule has 1 heterocycles. The molecule has 1 aromatic carbocycles. The van der Waals surface area contributed by atoms with Gasteiger partial charge in [-0.3, -0.25) is 4.72 Å². The van der Waals surface area contributed by atoms with Crippen LogP contribution in [0.25, 0.3) is 0 Å². The van der Waals surface area contributed by atoms with Crippen LogP contribution < -0.4 is 4.72 Å². The number of aliphatic hydroxyl groups is 1. The molecule has 2 rings (SSSR count). The summed E-state index contributed by atoms with van der Waals surface area (Å²) in [6.07, 6.45) is 0. The summed E-state index contributed by atoms with van der Waals surface area (Å²) >= 11 is 5.80. The van der Waals surface area contributed by atoms with Crippen LogP contribution in [0, 0.1) is 13.8 Å². The van der Waals surface area contributed by atoms with Crippen LogP contribution in [-0.4, -0.2) is 18.7 Å². The van der Waals surface area contributed by atoms with Gasteiger partial charge in [0.05, 0.1) is 12.3 Å². The maximum atomic E-state index is 12.3. The van der Waals surface area contributed by atoms with Crippen LogP contribution in [0.15, 0.2) is 27.6 Å². The van der Waals surface area contributed by atoms with Crippen molar-refractivity contribution in [3.8, 4) is 0 Å². The third-order valence-electron chi connectivity index (χ3n) is 2.72. The highest BCUT2D eigenvalue weighted by atomic mass is 35.5. The second kappa shape index (κ2) is 5.43. The normalized spacial score (nSPS) is 11.6. The molecule has 2 aromatic rings. The molecule has 0 amide bonds. The van der Waals surface area contributed by atoms with Gasteiger partial charge in [0, 0.05) is 10.6 Å². The molecule has 0 aliphatic heterocycles. The molecule has 1 aromatic heterocycles. The third-order valence-corrected chi connectivity index (χ3v) is 4.56. The Morgan fingerprint density at radius 3 is 2.65 bits per heavy atom. The molecule has 0 bridgehead atoms. The maximum Gasteiger partial charge on any atom is 0.267 e. The van der Waals surface area contributed by atoms with Crippen LogP contribution in [0.2, 0.25) is 5.02 Å². The van der Waals surface area contributed by atoms with Crippen LogP contribution in [0.3, 0.4) is 0 Å². The molecule has 0 atom stereocenters. The summed E-state index contributed by atoms with van der Waals surface area (Å²) in [5.41, 5.74) is 0.916. The van der Waals surface area contributed by atoms with Crippen molar-refractivity contribution >= 4 is 27.3 Å². The van der Waals surface area contributed by atoms with Crippen LogP contribution >= 0.6 is 11.6 Å². The summed E-state index contributed by atoms with van der Waals surface area (Å²) in [6.45, 7) is 2.73. The molecule has 0 saturated carbocycles. The number of anilines is 1. The molecule has 0 aliphatic carbocycles. The second-order valence-electron chi connectivity index (χ2n) is 4.22. The lowest BCUT2D eigenvalue weighted by atomic mass is 10.2. The summed E-state index contributed by atoms with van der Waals surface area (Å²) in [4.78, 5) is -0.00339. The van der Waals surface area contributed by atoms with Crippen molar-refractivity contribution < 1.29 is 18.0 Å². The molecule has 0 aliphatic rings. The molecule has 2 N–H and O–H groups in total. The van der Waals surface area contributed by atoms with Gasteiger partial charge < -0.3 is 9.63 Å². The fourth-order valence-corrected chi connectivity index (χ4v) is 3.47. The van der Waals surface area contributed by atoms with Gasteiger partial charge in [-0.05, 0) is 32.0 Å². The van der Waals surface area contributed by atoms with Gasteiger partial charge in [-0.1, -0.05) is 16.8 Å². The van der Waals surface area contributed by atoms with E-state index in [1.54, 1.807) is 6.92 Å². The first-order valence-corrected chi connectivity index (χ1v) is 7.56. The Morgan fingerprint density at radius 1 is 1.40 bits per heavy atom. The monoisotopic (exact) mass is 316 g/mol. The lowest BCUT2D eigenvalue weighted by Gasteiger charge is -2.11. The topological polar surface area (TPSA) is 92.4 Å². The van der Waals surface area contributed by atoms with E-state index in [0.717, 1.165) is 0 Å². The molecule has 20 heavy (non-hydrogen) atoms. The van der Waals surface area contributed by atoms with Crippen LogP contribution in [0.4, 0.5) is 5.69 Å². The van der Waals surface area contributed by atoms with Gasteiger partial charge in [0.2, 0.25) is 0 Å². The van der Waals surface area contributed by atoms with E-state index < -0.39 is 10.0 Å². The number of halogens is 1. The predicted molar refractivity (Wildman–Crippen MR) is 74.2 cm³/mol. The van der Waals surface area contributed by atoms with Gasteiger partial charge in [0.1, 0.15) is 5.69 Å². The van der Waals surface area contributed by atoms with E-state index in [2.05, 4.69) is 9.88 Å². The third kappa shape index (κ3) is 2.79. The molecule has 0 saturated heterocycles. The number of aryl methyl sites for hydroxylation is 2. The van der Waals surface area contributed by atoms with Crippen molar-refractivity contribution in [1.82, 2.24) is 5.16 Å². The number of aromatic nitrogens is 1. The van der Waals surface area contributed by atoms with Crippen molar-refractivity contribution in [3.63, 3.8) is 0 Å². The zero-order chi connectivity index (χ0) is 14.9. The lowest BCUT2D eigenvalue weighted by Crippen LogP contribution is -2.15. The average Bonchev–Trinajstić information content (AvgIpc) is 2.71. The van der Waals surface area contributed by atoms with E-state index in [0.29, 0.717) is 10.6 Å². The van der Waals surface area contributed by atoms with Crippen molar-refractivity contribution in [2.75, 3.05) is 4.72 Å². The molecule has 8 heteroatoms. The maximum absolute atomic E-state index is 12.3. The fraction of sp³-hybridized carbons (Fsp3) is 0.250. The number of rotatable bonds is 4. The zero-order valence-electron chi connectivity index (χ0n) is 10.8. The zero-order valence-corrected chi connectivity index (χ0v) is 12.4. The smallest absolute Gasteiger partial charge is 0.267 e. The molecular formula is C12H13ClN2O4S. The van der Waals surface area contributed by atoms with Crippen LogP contribution in [0.5, 0.6) is 0 Å². The van der Waals surface area contributed by atoms with Crippen molar-refractivity contribution in [1.29, 1.82) is 0 Å². The minimum atomic E-state index is -3.84. The quantitative estimate of drug-likeness (QED) is 0.902. The fourth-order valence-electron chi connectivity index (χ4n) is 1.85. The first-order chi connectivity index (χ1) is 9.35. The van der Waals surface area contributed by atoms with E-state index in [4.69, 9.17) is 16.1 Å². The van der Waals surface area contributed by atoms with Gasteiger partial charge in [-0.15, -0.1) is 0 Å². The Kier molecular flexibility index (Phi) is 4.03. The van der Waals surface area contributed by atoms with Gasteiger partial charge in [-0.25, -0.2) is 8.42 Å². The summed E-state index contributed by atoms with van der Waals surface area (Å²) in [7, 11) is -3.84. The number of nitrogens with one attached hydrogen (secondary N) is 1. The van der Waals surface area contributed by atoms with E-state index in [1.807, 2.05) is 0 Å². The highest BCUT2D eigenvalue weighted by Crippen LogP contribution is 2.26. The summed E-state index contributed by atoms with van der Waals surface area (Å²) in [5.74, 6) is 0.203. The number of hydrogen-bond acceptors (Lipinski definition) is 5. The summed E-state index contributed by atoms with van der Waals surface area (Å²) < 4.78 is 31.9. The van der Waals surface area contributed by atoms with Crippen molar-refractivity contribution in [3.05, 3.63) is 40.2 Å². The Labute approximate surface area is 121 Å².